The molecule has 2 aliphatic heterocycles. The van der Waals surface area contributed by atoms with E-state index >= 15 is 0 Å². The van der Waals surface area contributed by atoms with Gasteiger partial charge in [-0.15, -0.1) is 0 Å². The molecule has 0 aliphatic carbocycles. The van der Waals surface area contributed by atoms with Gasteiger partial charge in [-0.1, -0.05) is 0 Å². The zero-order valence-electron chi connectivity index (χ0n) is 34.2. The maximum atomic E-state index is 14.2. The van der Waals surface area contributed by atoms with E-state index in [1.165, 1.54) is 30.6 Å². The highest BCUT2D eigenvalue weighted by Gasteiger charge is 2.32. The first kappa shape index (κ1) is 43.6. The van der Waals surface area contributed by atoms with Crippen LogP contribution in [0.2, 0.25) is 0 Å². The summed E-state index contributed by atoms with van der Waals surface area (Å²) < 4.78 is 96.1. The molecular formula is C42H44F6N10O5. The molecule has 6 aromatic heterocycles. The summed E-state index contributed by atoms with van der Waals surface area (Å²) in [6.07, 6.45) is 1.34. The molecule has 2 amide bonds. The van der Waals surface area contributed by atoms with Crippen LogP contribution in [0.5, 0.6) is 5.75 Å². The van der Waals surface area contributed by atoms with Crippen molar-refractivity contribution in [2.24, 2.45) is 0 Å². The van der Waals surface area contributed by atoms with Crippen LogP contribution in [0.1, 0.15) is 94.1 Å². The third-order valence-electron chi connectivity index (χ3n) is 11.0. The van der Waals surface area contributed by atoms with Crippen LogP contribution in [-0.4, -0.2) is 108 Å². The van der Waals surface area contributed by atoms with E-state index in [9.17, 15) is 41.0 Å². The molecule has 15 nitrogen and oxygen atoms in total. The Morgan fingerprint density at radius 3 is 2.13 bits per heavy atom. The van der Waals surface area contributed by atoms with Gasteiger partial charge in [0.1, 0.15) is 40.7 Å². The number of fused-ring (bicyclic) bond motifs is 2. The molecule has 2 saturated heterocycles. The summed E-state index contributed by atoms with van der Waals surface area (Å²) >= 11 is 0. The molecule has 0 radical (unpaired) electrons. The Morgan fingerprint density at radius 2 is 1.46 bits per heavy atom. The molecule has 3 N–H and O–H groups in total. The molecule has 21 heteroatoms. The summed E-state index contributed by atoms with van der Waals surface area (Å²) in [7, 11) is 0. The highest BCUT2D eigenvalue weighted by molar-refractivity contribution is 6.04. The van der Waals surface area contributed by atoms with Gasteiger partial charge < -0.3 is 34.0 Å². The summed E-state index contributed by atoms with van der Waals surface area (Å²) in [6, 6.07) is 6.98. The summed E-state index contributed by atoms with van der Waals surface area (Å²) in [6.45, 7) is 3.89. The molecule has 2 fully saturated rings. The lowest BCUT2D eigenvalue weighted by Crippen LogP contribution is -2.47. The second-order valence-electron chi connectivity index (χ2n) is 16.2. The largest absolute Gasteiger partial charge is 0.491 e. The summed E-state index contributed by atoms with van der Waals surface area (Å²) in [5, 5.41) is 20.5. The number of nitrogens with zero attached hydrogens (tertiary/aromatic N) is 8. The molecule has 0 saturated carbocycles. The van der Waals surface area contributed by atoms with Crippen molar-refractivity contribution in [3.8, 4) is 5.75 Å². The van der Waals surface area contributed by atoms with Gasteiger partial charge in [0, 0.05) is 87.2 Å². The number of aromatic nitrogens is 7. The number of likely N-dealkylation sites (tertiary alicyclic amines) is 1. The van der Waals surface area contributed by atoms with Crippen LogP contribution >= 0.6 is 0 Å². The third-order valence-corrected chi connectivity index (χ3v) is 11.0. The second-order valence-corrected chi connectivity index (χ2v) is 16.2. The van der Waals surface area contributed by atoms with Gasteiger partial charge in [0.25, 0.3) is 31.1 Å². The number of alkyl halides is 6. The number of amides is 2. The van der Waals surface area contributed by atoms with Crippen LogP contribution in [0.15, 0.2) is 61.3 Å². The number of halogens is 6. The standard InChI is InChI=1S/C42H44F6N10O5/c1-42(2,61)26-13-37-50-30(24-5-8-62-9-6-24)17-56(37)19-32(26)52-41(60)29-12-23(11-28(49-29)39(47)48)4-10-63-34-14-38-51-31(25-15-55(16-25)21-35(43)44)18-57(38)20-33(34)53-40(59)27-3-7-58(54-27)22-36(45)46/h3,7,11-14,17-20,24-25,35-36,39,61H,4-6,8-10,15-16,21-22H2,1-2H3,(H,52,60)(H,53,59). The molecule has 8 rings (SSSR count). The SMILES string of the molecule is CC(C)(O)c1cc2nc(C3CCOCC3)cn2cc1NC(=O)c1cc(CCOc2cc3nc(C4CN(CC(F)F)C4)cn3cc2NC(=O)c2ccn(CC(F)F)n2)cc(C(F)F)n1. The summed E-state index contributed by atoms with van der Waals surface area (Å²) in [5.41, 5.74) is 0.856. The number of carbonyl (C=O) groups is 2. The Labute approximate surface area is 356 Å². The quantitative estimate of drug-likeness (QED) is 0.0893. The van der Waals surface area contributed by atoms with E-state index in [4.69, 9.17) is 14.5 Å². The second kappa shape index (κ2) is 18.0. The van der Waals surface area contributed by atoms with Crippen molar-refractivity contribution in [1.82, 2.24) is 38.4 Å². The zero-order valence-corrected chi connectivity index (χ0v) is 34.2. The van der Waals surface area contributed by atoms with Gasteiger partial charge in [-0.2, -0.15) is 5.10 Å². The number of hydrogen-bond donors (Lipinski definition) is 3. The number of hydrogen-bond acceptors (Lipinski definition) is 10. The number of imidazole rings is 2. The Bertz CT molecular complexity index is 2610. The van der Waals surface area contributed by atoms with Gasteiger partial charge in [-0.3, -0.25) is 19.2 Å². The number of carbonyl (C=O) groups excluding carboxylic acids is 2. The van der Waals surface area contributed by atoms with Gasteiger partial charge in [0.05, 0.1) is 35.8 Å². The number of ether oxygens (including phenoxy) is 2. The molecule has 0 unspecified atom stereocenters. The first-order valence-corrected chi connectivity index (χ1v) is 20.3. The molecule has 0 atom stereocenters. The third kappa shape index (κ3) is 10.1. The fourth-order valence-electron chi connectivity index (χ4n) is 7.76. The van der Waals surface area contributed by atoms with E-state index in [-0.39, 0.29) is 65.5 Å². The molecule has 8 heterocycles. The minimum atomic E-state index is -3.03. The highest BCUT2D eigenvalue weighted by Crippen LogP contribution is 2.34. The van der Waals surface area contributed by atoms with Gasteiger partial charge in [0.15, 0.2) is 5.69 Å². The fourth-order valence-corrected chi connectivity index (χ4v) is 7.76. The molecule has 63 heavy (non-hydrogen) atoms. The Morgan fingerprint density at radius 1 is 0.825 bits per heavy atom. The van der Waals surface area contributed by atoms with E-state index in [1.807, 2.05) is 6.20 Å². The van der Waals surface area contributed by atoms with Crippen LogP contribution in [0.3, 0.4) is 0 Å². The van der Waals surface area contributed by atoms with Crippen LogP contribution in [0.4, 0.5) is 37.7 Å². The topological polar surface area (TPSA) is 165 Å². The monoisotopic (exact) mass is 882 g/mol. The van der Waals surface area contributed by atoms with Crippen LogP contribution in [0, 0.1) is 0 Å². The highest BCUT2D eigenvalue weighted by atomic mass is 19.3. The van der Waals surface area contributed by atoms with Gasteiger partial charge in [-0.25, -0.2) is 41.3 Å². The molecule has 0 spiro atoms. The Balaban J connectivity index is 1.02. The molecule has 0 bridgehead atoms. The minimum Gasteiger partial charge on any atom is -0.491 e. The summed E-state index contributed by atoms with van der Waals surface area (Å²) in [5.74, 6) is -1.36. The van der Waals surface area contributed by atoms with E-state index in [0.29, 0.717) is 48.9 Å². The fraction of sp³-hybridized carbons (Fsp3) is 0.429. The lowest BCUT2D eigenvalue weighted by atomic mass is 9.97. The van der Waals surface area contributed by atoms with Crippen molar-refractivity contribution in [3.05, 3.63) is 101 Å². The van der Waals surface area contributed by atoms with E-state index < -0.39 is 48.9 Å². The Kier molecular flexibility index (Phi) is 12.4. The maximum Gasteiger partial charge on any atom is 0.280 e. The van der Waals surface area contributed by atoms with E-state index in [0.717, 1.165) is 29.3 Å². The van der Waals surface area contributed by atoms with Crippen LogP contribution in [0.25, 0.3) is 11.3 Å². The number of rotatable bonds is 16. The van der Waals surface area contributed by atoms with Crippen molar-refractivity contribution >= 4 is 34.5 Å². The zero-order chi connectivity index (χ0) is 44.6. The lowest BCUT2D eigenvalue weighted by molar-refractivity contribution is 0.0458. The minimum absolute atomic E-state index is 0.00818. The number of pyridine rings is 3. The molecule has 2 aliphatic rings. The first-order valence-electron chi connectivity index (χ1n) is 20.3. The molecule has 6 aromatic rings. The molecule has 334 valence electrons. The summed E-state index contributed by atoms with van der Waals surface area (Å²) in [4.78, 5) is 42.0. The first-order chi connectivity index (χ1) is 30.1. The lowest BCUT2D eigenvalue weighted by Gasteiger charge is -2.37. The van der Waals surface area contributed by atoms with Crippen LogP contribution in [-0.2, 0) is 23.3 Å². The van der Waals surface area contributed by atoms with Gasteiger partial charge in [-0.05, 0) is 56.5 Å². The maximum absolute atomic E-state index is 14.2. The average Bonchev–Trinajstić information content (AvgIpc) is 3.97. The van der Waals surface area contributed by atoms with Crippen molar-refractivity contribution in [3.63, 3.8) is 0 Å². The number of anilines is 2. The van der Waals surface area contributed by atoms with Crippen molar-refractivity contribution in [1.29, 1.82) is 0 Å². The molecular weight excluding hydrogens is 839 g/mol. The van der Waals surface area contributed by atoms with E-state index in [1.54, 1.807) is 46.0 Å². The smallest absolute Gasteiger partial charge is 0.280 e. The molecule has 0 aromatic carbocycles. The number of aliphatic hydroxyl groups is 1. The Hall–Kier alpha value is -6.06. The number of nitrogens with one attached hydrogen (secondary N) is 2. The average molecular weight is 883 g/mol. The normalized spacial score (nSPS) is 15.6. The van der Waals surface area contributed by atoms with Crippen molar-refractivity contribution in [2.75, 3.05) is 50.1 Å². The van der Waals surface area contributed by atoms with Crippen LogP contribution < -0.4 is 15.4 Å². The van der Waals surface area contributed by atoms with Crippen molar-refractivity contribution in [2.45, 2.75) is 76.4 Å². The van der Waals surface area contributed by atoms with Crippen molar-refractivity contribution < 1.29 is 50.5 Å². The van der Waals surface area contributed by atoms with E-state index in [2.05, 4.69) is 25.7 Å². The van der Waals surface area contributed by atoms with Gasteiger partial charge in [0.2, 0.25) is 0 Å². The van der Waals surface area contributed by atoms with Gasteiger partial charge >= 0.3 is 0 Å². The predicted molar refractivity (Wildman–Crippen MR) is 216 cm³/mol. The predicted octanol–water partition coefficient (Wildman–Crippen LogP) is 6.69.